The molecule has 120 valence electrons. The third-order valence-corrected chi connectivity index (χ3v) is 3.96. The average Bonchev–Trinajstić information content (AvgIpc) is 2.59. The van der Waals surface area contributed by atoms with Crippen LogP contribution in [0, 0.1) is 30.9 Å². The molecule has 0 fully saturated rings. The Morgan fingerprint density at radius 1 is 1.12 bits per heavy atom. The molecule has 1 N–H and O–H groups in total. The first kappa shape index (κ1) is 16.1. The van der Waals surface area contributed by atoms with Crippen molar-refractivity contribution >= 4 is 10.8 Å². The standard InChI is InChI=1S/C20H15F2NO/c1-3-16(24)9-13-5-6-14-10-18(23-11-15(14)8-13)17-7-4-12(2)19(21)20(17)22/h1,4-8,10-11,16,24H,9H2,2H3. The Kier molecular flexibility index (Phi) is 4.28. The molecule has 1 unspecified atom stereocenters. The van der Waals surface area contributed by atoms with E-state index in [9.17, 15) is 13.9 Å². The number of halogens is 2. The zero-order chi connectivity index (χ0) is 17.3. The summed E-state index contributed by atoms with van der Waals surface area (Å²) in [6.07, 6.45) is 6.30. The van der Waals surface area contributed by atoms with Crippen LogP contribution >= 0.6 is 0 Å². The molecule has 0 aliphatic heterocycles. The monoisotopic (exact) mass is 323 g/mol. The van der Waals surface area contributed by atoms with Gasteiger partial charge in [-0.1, -0.05) is 24.1 Å². The Morgan fingerprint density at radius 3 is 2.67 bits per heavy atom. The van der Waals surface area contributed by atoms with E-state index in [1.54, 1.807) is 12.3 Å². The molecule has 1 atom stereocenters. The first-order valence-corrected chi connectivity index (χ1v) is 7.47. The highest BCUT2D eigenvalue weighted by Gasteiger charge is 2.14. The van der Waals surface area contributed by atoms with Crippen molar-refractivity contribution in [2.45, 2.75) is 19.4 Å². The summed E-state index contributed by atoms with van der Waals surface area (Å²) < 4.78 is 27.9. The highest BCUT2D eigenvalue weighted by Crippen LogP contribution is 2.27. The predicted octanol–water partition coefficient (Wildman–Crippen LogP) is 4.03. The van der Waals surface area contributed by atoms with Gasteiger partial charge in [-0.15, -0.1) is 6.42 Å². The van der Waals surface area contributed by atoms with Gasteiger partial charge in [0.25, 0.3) is 0 Å². The lowest BCUT2D eigenvalue weighted by Gasteiger charge is -2.08. The van der Waals surface area contributed by atoms with Crippen LogP contribution in [0.4, 0.5) is 8.78 Å². The summed E-state index contributed by atoms with van der Waals surface area (Å²) >= 11 is 0. The largest absolute Gasteiger partial charge is 0.380 e. The molecule has 0 amide bonds. The van der Waals surface area contributed by atoms with Crippen molar-refractivity contribution in [2.24, 2.45) is 0 Å². The van der Waals surface area contributed by atoms with Crippen molar-refractivity contribution < 1.29 is 13.9 Å². The number of terminal acetylenes is 1. The molecule has 0 aliphatic carbocycles. The van der Waals surface area contributed by atoms with Crippen LogP contribution in [-0.2, 0) is 6.42 Å². The second-order valence-electron chi connectivity index (χ2n) is 5.70. The molecule has 0 saturated heterocycles. The van der Waals surface area contributed by atoms with Gasteiger partial charge in [-0.2, -0.15) is 0 Å². The van der Waals surface area contributed by atoms with E-state index >= 15 is 0 Å². The summed E-state index contributed by atoms with van der Waals surface area (Å²) in [5.41, 5.74) is 1.64. The number of rotatable bonds is 3. The van der Waals surface area contributed by atoms with Gasteiger partial charge in [0.15, 0.2) is 11.6 Å². The number of hydrogen-bond donors (Lipinski definition) is 1. The summed E-state index contributed by atoms with van der Waals surface area (Å²) in [5, 5.41) is 11.2. The van der Waals surface area contributed by atoms with Gasteiger partial charge in [0.1, 0.15) is 6.10 Å². The Hall–Kier alpha value is -2.77. The second-order valence-corrected chi connectivity index (χ2v) is 5.70. The number of nitrogens with zero attached hydrogens (tertiary/aromatic N) is 1. The number of hydrogen-bond acceptors (Lipinski definition) is 2. The van der Waals surface area contributed by atoms with Gasteiger partial charge in [0.05, 0.1) is 5.69 Å². The minimum atomic E-state index is -0.893. The van der Waals surface area contributed by atoms with Crippen LogP contribution in [0.5, 0.6) is 0 Å². The number of aromatic nitrogens is 1. The van der Waals surface area contributed by atoms with Crippen molar-refractivity contribution in [3.8, 4) is 23.6 Å². The summed E-state index contributed by atoms with van der Waals surface area (Å²) in [5.74, 6) is 0.524. The van der Waals surface area contributed by atoms with E-state index in [0.29, 0.717) is 12.1 Å². The molecule has 0 bridgehead atoms. The first-order valence-electron chi connectivity index (χ1n) is 7.47. The molecular weight excluding hydrogens is 308 g/mol. The van der Waals surface area contributed by atoms with Crippen LogP contribution in [0.25, 0.3) is 22.0 Å². The van der Waals surface area contributed by atoms with Crippen molar-refractivity contribution in [3.05, 3.63) is 65.4 Å². The minimum Gasteiger partial charge on any atom is -0.380 e. The first-order chi connectivity index (χ1) is 11.5. The lowest BCUT2D eigenvalue weighted by molar-refractivity contribution is 0.233. The van der Waals surface area contributed by atoms with Gasteiger partial charge in [0, 0.05) is 23.6 Å². The molecule has 24 heavy (non-hydrogen) atoms. The summed E-state index contributed by atoms with van der Waals surface area (Å²) in [4.78, 5) is 4.24. The summed E-state index contributed by atoms with van der Waals surface area (Å²) in [6.45, 7) is 1.52. The van der Waals surface area contributed by atoms with Crippen molar-refractivity contribution in [2.75, 3.05) is 0 Å². The molecule has 0 saturated carbocycles. The van der Waals surface area contributed by atoms with E-state index in [-0.39, 0.29) is 11.1 Å². The van der Waals surface area contributed by atoms with Gasteiger partial charge < -0.3 is 5.11 Å². The topological polar surface area (TPSA) is 33.1 Å². The Labute approximate surface area is 138 Å². The number of aryl methyl sites for hydroxylation is 1. The SMILES string of the molecule is C#CC(O)Cc1ccc2cc(-c3ccc(C)c(F)c3F)ncc2c1. The zero-order valence-corrected chi connectivity index (χ0v) is 13.1. The molecule has 0 radical (unpaired) electrons. The molecule has 3 rings (SSSR count). The average molecular weight is 323 g/mol. The van der Waals surface area contributed by atoms with E-state index in [4.69, 9.17) is 6.42 Å². The van der Waals surface area contributed by atoms with E-state index < -0.39 is 17.7 Å². The van der Waals surface area contributed by atoms with Gasteiger partial charge >= 0.3 is 0 Å². The molecular formula is C20H15F2NO. The summed E-state index contributed by atoms with van der Waals surface area (Å²) in [6, 6.07) is 10.3. The summed E-state index contributed by atoms with van der Waals surface area (Å²) in [7, 11) is 0. The van der Waals surface area contributed by atoms with Gasteiger partial charge in [-0.25, -0.2) is 8.78 Å². The van der Waals surface area contributed by atoms with E-state index in [1.165, 1.54) is 19.1 Å². The number of aliphatic hydroxyl groups excluding tert-OH is 1. The van der Waals surface area contributed by atoms with Crippen LogP contribution in [0.2, 0.25) is 0 Å². The molecule has 0 aliphatic rings. The van der Waals surface area contributed by atoms with E-state index in [1.807, 2.05) is 18.2 Å². The Bertz CT molecular complexity index is 960. The molecule has 0 spiro atoms. The second kappa shape index (κ2) is 6.38. The lowest BCUT2D eigenvalue weighted by atomic mass is 10.0. The van der Waals surface area contributed by atoms with E-state index in [0.717, 1.165) is 16.3 Å². The fourth-order valence-corrected chi connectivity index (χ4v) is 2.59. The quantitative estimate of drug-likeness (QED) is 0.738. The van der Waals surface area contributed by atoms with Gasteiger partial charge in [-0.3, -0.25) is 4.98 Å². The van der Waals surface area contributed by atoms with E-state index in [2.05, 4.69) is 10.9 Å². The maximum absolute atomic E-state index is 14.1. The third kappa shape index (κ3) is 2.99. The molecule has 2 aromatic carbocycles. The van der Waals surface area contributed by atoms with Crippen LogP contribution in [0.3, 0.4) is 0 Å². The molecule has 1 aromatic heterocycles. The predicted molar refractivity (Wildman–Crippen MR) is 90.4 cm³/mol. The number of pyridine rings is 1. The van der Waals surface area contributed by atoms with Crippen LogP contribution in [-0.4, -0.2) is 16.2 Å². The van der Waals surface area contributed by atoms with Crippen LogP contribution in [0.15, 0.2) is 42.6 Å². The number of aliphatic hydroxyl groups is 1. The maximum atomic E-state index is 14.1. The molecule has 1 heterocycles. The van der Waals surface area contributed by atoms with Crippen LogP contribution in [0.1, 0.15) is 11.1 Å². The fraction of sp³-hybridized carbons (Fsp3) is 0.150. The van der Waals surface area contributed by atoms with Crippen molar-refractivity contribution in [1.82, 2.24) is 4.98 Å². The Balaban J connectivity index is 2.02. The lowest BCUT2D eigenvalue weighted by Crippen LogP contribution is -2.06. The fourth-order valence-electron chi connectivity index (χ4n) is 2.59. The third-order valence-electron chi connectivity index (χ3n) is 3.96. The van der Waals surface area contributed by atoms with Crippen molar-refractivity contribution in [3.63, 3.8) is 0 Å². The highest BCUT2D eigenvalue weighted by molar-refractivity contribution is 5.85. The Morgan fingerprint density at radius 2 is 1.92 bits per heavy atom. The minimum absolute atomic E-state index is 0.131. The molecule has 3 aromatic rings. The normalized spacial score (nSPS) is 12.1. The van der Waals surface area contributed by atoms with Gasteiger partial charge in [0.2, 0.25) is 0 Å². The van der Waals surface area contributed by atoms with Crippen molar-refractivity contribution in [1.29, 1.82) is 0 Å². The maximum Gasteiger partial charge on any atom is 0.168 e. The molecule has 2 nitrogen and oxygen atoms in total. The van der Waals surface area contributed by atoms with Gasteiger partial charge in [-0.05, 0) is 41.6 Å². The smallest absolute Gasteiger partial charge is 0.168 e. The molecule has 4 heteroatoms. The number of benzene rings is 2. The zero-order valence-electron chi connectivity index (χ0n) is 13.1. The number of fused-ring (bicyclic) bond motifs is 1. The highest BCUT2D eigenvalue weighted by atomic mass is 19.2. The van der Waals surface area contributed by atoms with Crippen LogP contribution < -0.4 is 0 Å².